The van der Waals surface area contributed by atoms with Gasteiger partial charge in [0, 0.05) is 19.8 Å². The van der Waals surface area contributed by atoms with Crippen molar-refractivity contribution in [2.75, 3.05) is 25.1 Å². The molecule has 0 saturated carbocycles. The van der Waals surface area contributed by atoms with E-state index < -0.39 is 11.7 Å². The monoisotopic (exact) mass is 344 g/mol. The van der Waals surface area contributed by atoms with Crippen LogP contribution in [0.4, 0.5) is 10.1 Å². The van der Waals surface area contributed by atoms with Crippen molar-refractivity contribution in [2.24, 2.45) is 0 Å². The largest absolute Gasteiger partial charge is 0.382 e. The predicted molar refractivity (Wildman–Crippen MR) is 94.2 cm³/mol. The fraction of sp³-hybridized carbons (Fsp3) is 0.263. The van der Waals surface area contributed by atoms with Crippen LogP contribution in [0.25, 0.3) is 0 Å². The highest BCUT2D eigenvalue weighted by atomic mass is 19.1. The van der Waals surface area contributed by atoms with Gasteiger partial charge in [0.25, 0.3) is 11.8 Å². The molecule has 0 atom stereocenters. The molecule has 25 heavy (non-hydrogen) atoms. The Morgan fingerprint density at radius 2 is 1.68 bits per heavy atom. The SMILES string of the molecule is CCOCCCNC(=O)c1ccccc1NC(=O)c1ccccc1F. The number of carbonyl (C=O) groups excluding carboxylic acids is 2. The summed E-state index contributed by atoms with van der Waals surface area (Å²) in [6, 6.07) is 12.3. The Bertz CT molecular complexity index is 734. The average molecular weight is 344 g/mol. The van der Waals surface area contributed by atoms with Gasteiger partial charge in [-0.1, -0.05) is 24.3 Å². The van der Waals surface area contributed by atoms with Crippen LogP contribution in [0.1, 0.15) is 34.1 Å². The fourth-order valence-corrected chi connectivity index (χ4v) is 2.24. The molecule has 0 spiro atoms. The number of hydrogen-bond acceptors (Lipinski definition) is 3. The maximum Gasteiger partial charge on any atom is 0.258 e. The van der Waals surface area contributed by atoms with Gasteiger partial charge in [0.2, 0.25) is 0 Å². The minimum atomic E-state index is -0.613. The third-order valence-corrected chi connectivity index (χ3v) is 3.49. The minimum Gasteiger partial charge on any atom is -0.382 e. The normalized spacial score (nSPS) is 10.3. The Morgan fingerprint density at radius 1 is 1.00 bits per heavy atom. The number of rotatable bonds is 8. The summed E-state index contributed by atoms with van der Waals surface area (Å²) in [5.41, 5.74) is 0.580. The lowest BCUT2D eigenvalue weighted by molar-refractivity contribution is 0.0945. The number of ether oxygens (including phenoxy) is 1. The third-order valence-electron chi connectivity index (χ3n) is 3.49. The summed E-state index contributed by atoms with van der Waals surface area (Å²) in [5, 5.41) is 5.37. The van der Waals surface area contributed by atoms with Crippen molar-refractivity contribution in [3.05, 3.63) is 65.5 Å². The molecular formula is C19H21FN2O3. The molecule has 0 aliphatic heterocycles. The van der Waals surface area contributed by atoms with E-state index in [0.717, 1.165) is 0 Å². The highest BCUT2D eigenvalue weighted by Gasteiger charge is 2.15. The summed E-state index contributed by atoms with van der Waals surface area (Å²) >= 11 is 0. The van der Waals surface area contributed by atoms with Crippen LogP contribution in [0.15, 0.2) is 48.5 Å². The minimum absolute atomic E-state index is 0.0746. The number of halogens is 1. The van der Waals surface area contributed by atoms with Crippen molar-refractivity contribution in [3.63, 3.8) is 0 Å². The van der Waals surface area contributed by atoms with E-state index in [1.807, 2.05) is 6.92 Å². The molecule has 2 aromatic rings. The topological polar surface area (TPSA) is 67.4 Å². The molecule has 0 aliphatic rings. The van der Waals surface area contributed by atoms with E-state index in [9.17, 15) is 14.0 Å². The number of nitrogens with one attached hydrogen (secondary N) is 2. The van der Waals surface area contributed by atoms with E-state index in [0.29, 0.717) is 37.4 Å². The van der Waals surface area contributed by atoms with Crippen molar-refractivity contribution >= 4 is 17.5 Å². The van der Waals surface area contributed by atoms with Crippen molar-refractivity contribution in [1.82, 2.24) is 5.32 Å². The van der Waals surface area contributed by atoms with Crippen LogP contribution in [-0.2, 0) is 4.74 Å². The third kappa shape index (κ3) is 5.39. The number of carbonyl (C=O) groups is 2. The molecule has 0 bridgehead atoms. The highest BCUT2D eigenvalue weighted by molar-refractivity contribution is 6.09. The van der Waals surface area contributed by atoms with Gasteiger partial charge in [-0.3, -0.25) is 9.59 Å². The Kier molecular flexibility index (Phi) is 7.10. The van der Waals surface area contributed by atoms with E-state index in [1.54, 1.807) is 30.3 Å². The number of anilines is 1. The second-order valence-electron chi connectivity index (χ2n) is 5.29. The molecule has 0 aliphatic carbocycles. The first kappa shape index (κ1) is 18.6. The number of benzene rings is 2. The van der Waals surface area contributed by atoms with E-state index >= 15 is 0 Å². The van der Waals surface area contributed by atoms with Gasteiger partial charge in [-0.2, -0.15) is 0 Å². The quantitative estimate of drug-likeness (QED) is 0.723. The molecule has 2 rings (SSSR count). The number of hydrogen-bond donors (Lipinski definition) is 2. The van der Waals surface area contributed by atoms with Crippen molar-refractivity contribution < 1.29 is 18.7 Å². The number of amides is 2. The molecule has 0 fully saturated rings. The molecular weight excluding hydrogens is 323 g/mol. The van der Waals surface area contributed by atoms with Gasteiger partial charge >= 0.3 is 0 Å². The van der Waals surface area contributed by atoms with Gasteiger partial charge in [-0.25, -0.2) is 4.39 Å². The molecule has 0 saturated heterocycles. The zero-order valence-corrected chi connectivity index (χ0v) is 14.0. The van der Waals surface area contributed by atoms with Gasteiger partial charge in [0.1, 0.15) is 5.82 Å². The lowest BCUT2D eigenvalue weighted by atomic mass is 10.1. The maximum atomic E-state index is 13.7. The van der Waals surface area contributed by atoms with E-state index in [2.05, 4.69) is 10.6 Å². The summed E-state index contributed by atoms with van der Waals surface area (Å²) in [7, 11) is 0. The zero-order chi connectivity index (χ0) is 18.1. The first-order chi connectivity index (χ1) is 12.1. The zero-order valence-electron chi connectivity index (χ0n) is 14.0. The summed E-state index contributed by atoms with van der Waals surface area (Å²) in [6.45, 7) is 3.59. The molecule has 5 nitrogen and oxygen atoms in total. The lowest BCUT2D eigenvalue weighted by Crippen LogP contribution is -2.27. The Balaban J connectivity index is 2.03. The maximum absolute atomic E-state index is 13.7. The molecule has 0 aromatic heterocycles. The Labute approximate surface area is 146 Å². The molecule has 6 heteroatoms. The molecule has 0 heterocycles. The fourth-order valence-electron chi connectivity index (χ4n) is 2.24. The summed E-state index contributed by atoms with van der Waals surface area (Å²) in [5.74, 6) is -1.52. The Morgan fingerprint density at radius 3 is 2.40 bits per heavy atom. The van der Waals surface area contributed by atoms with E-state index in [1.165, 1.54) is 18.2 Å². The molecule has 2 aromatic carbocycles. The van der Waals surface area contributed by atoms with Gasteiger partial charge in [-0.15, -0.1) is 0 Å². The van der Waals surface area contributed by atoms with Crippen LogP contribution in [0.5, 0.6) is 0 Å². The average Bonchev–Trinajstić information content (AvgIpc) is 2.62. The van der Waals surface area contributed by atoms with Crippen molar-refractivity contribution in [3.8, 4) is 0 Å². The molecule has 2 N–H and O–H groups in total. The van der Waals surface area contributed by atoms with Gasteiger partial charge in [0.15, 0.2) is 0 Å². The predicted octanol–water partition coefficient (Wildman–Crippen LogP) is 3.23. The smallest absolute Gasteiger partial charge is 0.258 e. The van der Waals surface area contributed by atoms with Crippen LogP contribution in [-0.4, -0.2) is 31.6 Å². The van der Waals surface area contributed by atoms with Gasteiger partial charge in [0.05, 0.1) is 16.8 Å². The second kappa shape index (κ2) is 9.54. The van der Waals surface area contributed by atoms with E-state index in [4.69, 9.17) is 4.74 Å². The second-order valence-corrected chi connectivity index (χ2v) is 5.29. The van der Waals surface area contributed by atoms with Gasteiger partial charge < -0.3 is 15.4 Å². The summed E-state index contributed by atoms with van der Waals surface area (Å²) in [6.07, 6.45) is 0.698. The first-order valence-electron chi connectivity index (χ1n) is 8.14. The summed E-state index contributed by atoms with van der Waals surface area (Å²) < 4.78 is 18.9. The van der Waals surface area contributed by atoms with Crippen LogP contribution in [0.3, 0.4) is 0 Å². The van der Waals surface area contributed by atoms with Crippen LogP contribution in [0.2, 0.25) is 0 Å². The first-order valence-corrected chi connectivity index (χ1v) is 8.14. The van der Waals surface area contributed by atoms with Crippen molar-refractivity contribution in [2.45, 2.75) is 13.3 Å². The molecule has 2 amide bonds. The summed E-state index contributed by atoms with van der Waals surface area (Å²) in [4.78, 5) is 24.5. The van der Waals surface area contributed by atoms with Crippen LogP contribution < -0.4 is 10.6 Å². The number of para-hydroxylation sites is 1. The van der Waals surface area contributed by atoms with Gasteiger partial charge in [-0.05, 0) is 37.6 Å². The standard InChI is InChI=1S/C19H21FN2O3/c1-2-25-13-7-12-21-18(23)15-9-4-6-11-17(15)22-19(24)14-8-3-5-10-16(14)20/h3-6,8-11H,2,7,12-13H2,1H3,(H,21,23)(H,22,24). The molecule has 0 radical (unpaired) electrons. The Hall–Kier alpha value is -2.73. The molecule has 132 valence electrons. The lowest BCUT2D eigenvalue weighted by Gasteiger charge is -2.12. The highest BCUT2D eigenvalue weighted by Crippen LogP contribution is 2.17. The van der Waals surface area contributed by atoms with Crippen LogP contribution in [0, 0.1) is 5.82 Å². The van der Waals surface area contributed by atoms with E-state index in [-0.39, 0.29) is 11.5 Å². The molecule has 0 unspecified atom stereocenters. The van der Waals surface area contributed by atoms with Crippen molar-refractivity contribution in [1.29, 1.82) is 0 Å². The van der Waals surface area contributed by atoms with Crippen LogP contribution >= 0.6 is 0 Å².